The number of hydrogen-bond donors (Lipinski definition) is 2. The first-order chi connectivity index (χ1) is 20.7. The van der Waals surface area contributed by atoms with Crippen molar-refractivity contribution in [2.75, 3.05) is 65.0 Å². The van der Waals surface area contributed by atoms with Gasteiger partial charge >= 0.3 is 0 Å². The van der Waals surface area contributed by atoms with Crippen LogP contribution in [0.4, 0.5) is 11.4 Å². The summed E-state index contributed by atoms with van der Waals surface area (Å²) < 4.78 is 11.3. The third-order valence-corrected chi connectivity index (χ3v) is 8.44. The number of methoxy groups -OCH3 is 1. The number of carbonyl (C=O) groups is 2. The van der Waals surface area contributed by atoms with Crippen LogP contribution in [-0.2, 0) is 9.47 Å². The molecule has 2 aromatic carbocycles. The van der Waals surface area contributed by atoms with Crippen molar-refractivity contribution in [3.63, 3.8) is 0 Å². The molecule has 0 saturated carbocycles. The van der Waals surface area contributed by atoms with E-state index in [2.05, 4.69) is 36.4 Å². The number of carbonyl (C=O) groups excluding carboxylic acids is 2. The van der Waals surface area contributed by atoms with Crippen LogP contribution in [0.25, 0.3) is 10.8 Å². The highest BCUT2D eigenvalue weighted by atomic mass is 79.9. The number of nitro groups is 1. The number of ether oxygens (including phenoxy) is 2. The van der Waals surface area contributed by atoms with Gasteiger partial charge in [-0.05, 0) is 30.0 Å². The number of benzene rings is 2. The maximum Gasteiger partial charge on any atom is 0.294 e. The third-order valence-electron chi connectivity index (χ3n) is 7.75. The average Bonchev–Trinajstić information content (AvgIpc) is 3.00. The minimum absolute atomic E-state index is 0.0937. The first-order valence-electron chi connectivity index (χ1n) is 13.9. The molecule has 2 saturated heterocycles. The average molecular weight is 676 g/mol. The summed E-state index contributed by atoms with van der Waals surface area (Å²) in [5.41, 5.74) is 0.408. The van der Waals surface area contributed by atoms with Gasteiger partial charge in [-0.2, -0.15) is 0 Å². The number of anilines is 1. The Hall–Kier alpha value is -3.36. The lowest BCUT2D eigenvalue weighted by Crippen LogP contribution is -2.52. The molecule has 0 spiro atoms. The van der Waals surface area contributed by atoms with E-state index in [0.717, 1.165) is 11.9 Å². The Morgan fingerprint density at radius 1 is 1.16 bits per heavy atom. The van der Waals surface area contributed by atoms with E-state index in [1.165, 1.54) is 12.3 Å². The Bertz CT molecular complexity index is 1520. The van der Waals surface area contributed by atoms with Crippen molar-refractivity contribution in [3.05, 3.63) is 73.5 Å². The van der Waals surface area contributed by atoms with Crippen LogP contribution in [0.15, 0.2) is 47.2 Å². The molecule has 2 aliphatic heterocycles. The van der Waals surface area contributed by atoms with Gasteiger partial charge in [-0.25, -0.2) is 0 Å². The Morgan fingerprint density at radius 2 is 1.95 bits per heavy atom. The summed E-state index contributed by atoms with van der Waals surface area (Å²) in [6, 6.07) is 7.19. The number of piperazine rings is 1. The molecule has 2 fully saturated rings. The van der Waals surface area contributed by atoms with Gasteiger partial charge in [-0.15, -0.1) is 0 Å². The van der Waals surface area contributed by atoms with E-state index < -0.39 is 17.0 Å². The van der Waals surface area contributed by atoms with Crippen LogP contribution in [-0.4, -0.2) is 103 Å². The van der Waals surface area contributed by atoms with Gasteiger partial charge in [0.1, 0.15) is 5.69 Å². The highest BCUT2D eigenvalue weighted by Crippen LogP contribution is 2.35. The maximum absolute atomic E-state index is 13.8. The molecule has 14 heteroatoms. The minimum atomic E-state index is -0.549. The highest BCUT2D eigenvalue weighted by molar-refractivity contribution is 9.10. The van der Waals surface area contributed by atoms with Crippen LogP contribution >= 0.6 is 27.5 Å². The number of pyridine rings is 1. The van der Waals surface area contributed by atoms with E-state index in [9.17, 15) is 19.7 Å². The molecule has 2 amide bonds. The fraction of sp³-hybridized carbons (Fsp3) is 0.414. The molecule has 228 valence electrons. The smallest absolute Gasteiger partial charge is 0.294 e. The second kappa shape index (κ2) is 14.0. The zero-order valence-corrected chi connectivity index (χ0v) is 25.9. The van der Waals surface area contributed by atoms with Crippen LogP contribution in [0.3, 0.4) is 0 Å². The Kier molecular flexibility index (Phi) is 10.1. The molecule has 3 heterocycles. The summed E-state index contributed by atoms with van der Waals surface area (Å²) >= 11 is 9.47. The van der Waals surface area contributed by atoms with Crippen molar-refractivity contribution in [3.8, 4) is 0 Å². The molecule has 1 aromatic heterocycles. The molecule has 0 radical (unpaired) electrons. The molecule has 0 aliphatic carbocycles. The van der Waals surface area contributed by atoms with E-state index in [1.807, 2.05) is 0 Å². The number of fused-ring (bicyclic) bond motifs is 1. The highest BCUT2D eigenvalue weighted by Gasteiger charge is 2.34. The van der Waals surface area contributed by atoms with Gasteiger partial charge in [0, 0.05) is 79.8 Å². The monoisotopic (exact) mass is 674 g/mol. The predicted octanol–water partition coefficient (Wildman–Crippen LogP) is 3.96. The van der Waals surface area contributed by atoms with E-state index in [1.54, 1.807) is 42.5 Å². The number of nitro benzene ring substituents is 1. The molecule has 3 aromatic rings. The quantitative estimate of drug-likeness (QED) is 0.255. The van der Waals surface area contributed by atoms with Gasteiger partial charge in [0.2, 0.25) is 0 Å². The van der Waals surface area contributed by atoms with E-state index in [-0.39, 0.29) is 35.4 Å². The van der Waals surface area contributed by atoms with Gasteiger partial charge in [0.05, 0.1) is 41.3 Å². The van der Waals surface area contributed by atoms with Gasteiger partial charge in [-0.1, -0.05) is 33.6 Å². The van der Waals surface area contributed by atoms with Gasteiger partial charge in [-0.3, -0.25) is 29.6 Å². The summed E-state index contributed by atoms with van der Waals surface area (Å²) in [5.74, 6) is -0.650. The summed E-state index contributed by atoms with van der Waals surface area (Å²) in [4.78, 5) is 47.0. The molecule has 5 rings (SSSR count). The topological polar surface area (TPSA) is 139 Å². The van der Waals surface area contributed by atoms with Crippen LogP contribution in [0.2, 0.25) is 5.02 Å². The molecule has 12 nitrogen and oxygen atoms in total. The largest absolute Gasteiger partial charge is 0.383 e. The Balaban J connectivity index is 1.39. The number of amides is 2. The number of halogens is 2. The zero-order valence-electron chi connectivity index (χ0n) is 23.6. The lowest BCUT2D eigenvalue weighted by Gasteiger charge is -2.36. The van der Waals surface area contributed by atoms with E-state index in [4.69, 9.17) is 21.1 Å². The zero-order chi connectivity index (χ0) is 30.5. The molecule has 43 heavy (non-hydrogen) atoms. The molecule has 0 bridgehead atoms. The molecule has 0 unspecified atom stereocenters. The lowest BCUT2D eigenvalue weighted by atomic mass is 10.00. The van der Waals surface area contributed by atoms with Crippen LogP contribution in [0.1, 0.15) is 27.1 Å². The number of nitrogens with zero attached hydrogens (tertiary/aromatic N) is 4. The van der Waals surface area contributed by atoms with Gasteiger partial charge < -0.3 is 25.0 Å². The van der Waals surface area contributed by atoms with Crippen molar-refractivity contribution >= 4 is 61.5 Å². The second-order valence-corrected chi connectivity index (χ2v) is 11.8. The van der Waals surface area contributed by atoms with Crippen molar-refractivity contribution in [1.82, 2.24) is 20.1 Å². The maximum atomic E-state index is 13.8. The normalized spacial score (nSPS) is 19.3. The summed E-state index contributed by atoms with van der Waals surface area (Å²) in [6.45, 7) is 4.26. The summed E-state index contributed by atoms with van der Waals surface area (Å²) in [7, 11) is 1.65. The van der Waals surface area contributed by atoms with Gasteiger partial charge in [0.15, 0.2) is 0 Å². The summed E-state index contributed by atoms with van der Waals surface area (Å²) in [5, 5.41) is 20.4. The number of nitrogens with one attached hydrogen (secondary N) is 2. The molecule has 2 aliphatic rings. The Morgan fingerprint density at radius 3 is 2.70 bits per heavy atom. The van der Waals surface area contributed by atoms with Crippen molar-refractivity contribution < 1.29 is 24.0 Å². The lowest BCUT2D eigenvalue weighted by molar-refractivity contribution is -0.384. The minimum Gasteiger partial charge on any atom is -0.383 e. The molecular weight excluding hydrogens is 644 g/mol. The molecule has 2 N–H and O–H groups in total. The SMILES string of the molecule is COCCN1CCN(C(=O)c2cc(Br)cc([N+](=O)[O-])c2N[C@@H]2COCC[C@@H]2NC(=O)c2cncc3cc(Cl)ccc23)CC1. The first kappa shape index (κ1) is 31.1. The third kappa shape index (κ3) is 7.24. The van der Waals surface area contributed by atoms with E-state index in [0.29, 0.717) is 66.3 Å². The standard InChI is InChI=1S/C29H32BrClN6O6/c1-42-11-9-35-5-7-36(8-6-35)29(39)22-13-19(30)14-26(37(40)41)27(22)33-25-17-43-10-4-24(25)34-28(38)23-16-32-15-18-12-20(31)2-3-21(18)23/h2-3,12-16,24-25,33H,4-11,17H2,1H3,(H,34,38)/t24-,25+/m0/s1. The molecule has 2 atom stereocenters. The van der Waals surface area contributed by atoms with Crippen LogP contribution < -0.4 is 10.6 Å². The van der Waals surface area contributed by atoms with Crippen molar-refractivity contribution in [1.29, 1.82) is 0 Å². The van der Waals surface area contributed by atoms with Crippen LogP contribution in [0.5, 0.6) is 0 Å². The second-order valence-electron chi connectivity index (χ2n) is 10.5. The number of rotatable bonds is 9. The van der Waals surface area contributed by atoms with Crippen molar-refractivity contribution in [2.24, 2.45) is 0 Å². The number of hydrogen-bond acceptors (Lipinski definition) is 9. The summed E-state index contributed by atoms with van der Waals surface area (Å²) in [6.07, 6.45) is 3.60. The predicted molar refractivity (Wildman–Crippen MR) is 166 cm³/mol. The number of aromatic nitrogens is 1. The van der Waals surface area contributed by atoms with Crippen LogP contribution in [0, 0.1) is 10.1 Å². The van der Waals surface area contributed by atoms with E-state index >= 15 is 0 Å². The Labute approximate surface area is 261 Å². The van der Waals surface area contributed by atoms with Gasteiger partial charge in [0.25, 0.3) is 17.5 Å². The fourth-order valence-electron chi connectivity index (χ4n) is 5.43. The van der Waals surface area contributed by atoms with Crippen molar-refractivity contribution in [2.45, 2.75) is 18.5 Å². The fourth-order valence-corrected chi connectivity index (χ4v) is 6.06. The molecular formula is C29H32BrClN6O6. The first-order valence-corrected chi connectivity index (χ1v) is 15.1.